The summed E-state index contributed by atoms with van der Waals surface area (Å²) in [5, 5.41) is 14.0. The molecule has 0 spiro atoms. The molecule has 1 aromatic heterocycles. The Morgan fingerprint density at radius 1 is 0.778 bits per heavy atom. The minimum absolute atomic E-state index is 0.186. The quantitative estimate of drug-likeness (QED) is 0.497. The van der Waals surface area contributed by atoms with Crippen LogP contribution >= 0.6 is 0 Å². The highest BCUT2D eigenvalue weighted by Crippen LogP contribution is 2.24. The molecule has 0 bridgehead atoms. The number of rotatable bonds is 4. The fourth-order valence-corrected chi connectivity index (χ4v) is 2.65. The lowest BCUT2D eigenvalue weighted by Crippen LogP contribution is -2.04. The molecule has 7 nitrogen and oxygen atoms in total. The molecule has 0 saturated carbocycles. The number of nitrogens with two attached hydrogens (primary N) is 1. The molecule has 0 amide bonds. The maximum absolute atomic E-state index is 5.64. The molecule has 0 aliphatic heterocycles. The summed E-state index contributed by atoms with van der Waals surface area (Å²) >= 11 is 0. The van der Waals surface area contributed by atoms with Crippen molar-refractivity contribution in [1.29, 1.82) is 0 Å². The summed E-state index contributed by atoms with van der Waals surface area (Å²) in [7, 11) is 0. The van der Waals surface area contributed by atoms with Crippen molar-refractivity contribution < 1.29 is 0 Å². The van der Waals surface area contributed by atoms with Crippen LogP contribution in [0.2, 0.25) is 0 Å². The van der Waals surface area contributed by atoms with Crippen molar-refractivity contribution in [3.05, 3.63) is 72.6 Å². The lowest BCUT2D eigenvalue weighted by molar-refractivity contribution is 0.995. The zero-order chi connectivity index (χ0) is 18.6. The molecule has 7 heteroatoms. The van der Waals surface area contributed by atoms with Crippen LogP contribution in [-0.4, -0.2) is 15.0 Å². The number of nitrogens with zero attached hydrogens (tertiary/aromatic N) is 5. The Balaban J connectivity index is 1.48. The van der Waals surface area contributed by atoms with E-state index in [0.717, 1.165) is 22.4 Å². The third-order valence-corrected chi connectivity index (χ3v) is 3.90. The van der Waals surface area contributed by atoms with Crippen LogP contribution in [0.3, 0.4) is 0 Å². The van der Waals surface area contributed by atoms with Gasteiger partial charge in [-0.3, -0.25) is 0 Å². The zero-order valence-corrected chi connectivity index (χ0v) is 14.7. The Hall–Kier alpha value is -3.87. The van der Waals surface area contributed by atoms with Gasteiger partial charge in [0.15, 0.2) is 0 Å². The Labute approximate surface area is 156 Å². The van der Waals surface area contributed by atoms with Gasteiger partial charge in [-0.1, -0.05) is 30.3 Å². The number of hydrogen-bond donors (Lipinski definition) is 2. The maximum Gasteiger partial charge on any atom is 0.232 e. The molecular formula is C20H17N7. The van der Waals surface area contributed by atoms with E-state index in [2.05, 4.69) is 42.6 Å². The number of fused-ring (bicyclic) bond motifs is 1. The highest BCUT2D eigenvalue weighted by Gasteiger charge is 2.02. The van der Waals surface area contributed by atoms with E-state index >= 15 is 0 Å². The second-order valence-corrected chi connectivity index (χ2v) is 5.97. The van der Waals surface area contributed by atoms with Crippen LogP contribution in [0, 0.1) is 6.92 Å². The van der Waals surface area contributed by atoms with E-state index in [1.807, 2.05) is 54.6 Å². The van der Waals surface area contributed by atoms with Crippen molar-refractivity contribution in [2.45, 2.75) is 6.92 Å². The van der Waals surface area contributed by atoms with Crippen molar-refractivity contribution in [3.63, 3.8) is 0 Å². The molecule has 0 aliphatic carbocycles. The number of aromatic nitrogens is 3. The molecule has 1 heterocycles. The summed E-state index contributed by atoms with van der Waals surface area (Å²) in [5.74, 6) is 1.15. The first-order valence-corrected chi connectivity index (χ1v) is 8.41. The molecule has 0 fully saturated rings. The van der Waals surface area contributed by atoms with Gasteiger partial charge in [-0.05, 0) is 54.1 Å². The van der Waals surface area contributed by atoms with E-state index in [4.69, 9.17) is 5.73 Å². The number of hydrogen-bond acceptors (Lipinski definition) is 7. The average molecular weight is 355 g/mol. The number of benzene rings is 3. The summed E-state index contributed by atoms with van der Waals surface area (Å²) in [6.45, 7) is 1.76. The minimum Gasteiger partial charge on any atom is -0.368 e. The molecule has 0 aliphatic rings. The monoisotopic (exact) mass is 355 g/mol. The molecule has 4 aromatic rings. The smallest absolute Gasteiger partial charge is 0.232 e. The van der Waals surface area contributed by atoms with Crippen LogP contribution in [0.15, 0.2) is 77.0 Å². The molecule has 0 saturated heterocycles. The zero-order valence-electron chi connectivity index (χ0n) is 14.7. The molecule has 3 aromatic carbocycles. The Morgan fingerprint density at radius 3 is 2.26 bits per heavy atom. The van der Waals surface area contributed by atoms with Gasteiger partial charge in [0.05, 0.1) is 11.4 Å². The van der Waals surface area contributed by atoms with E-state index < -0.39 is 0 Å². The third-order valence-electron chi connectivity index (χ3n) is 3.90. The summed E-state index contributed by atoms with van der Waals surface area (Å²) in [6, 6.07) is 21.7. The normalized spacial score (nSPS) is 11.1. The van der Waals surface area contributed by atoms with Crippen LogP contribution in [-0.2, 0) is 0 Å². The van der Waals surface area contributed by atoms with Gasteiger partial charge in [-0.2, -0.15) is 25.2 Å². The Kier molecular flexibility index (Phi) is 4.40. The summed E-state index contributed by atoms with van der Waals surface area (Å²) in [6.07, 6.45) is 0. The largest absolute Gasteiger partial charge is 0.368 e. The number of nitrogen functional groups attached to an aromatic ring is 1. The first kappa shape index (κ1) is 16.6. The molecule has 0 unspecified atom stereocenters. The molecule has 4 rings (SSSR count). The molecule has 27 heavy (non-hydrogen) atoms. The van der Waals surface area contributed by atoms with Gasteiger partial charge >= 0.3 is 0 Å². The molecule has 0 radical (unpaired) electrons. The van der Waals surface area contributed by atoms with Crippen molar-refractivity contribution in [3.8, 4) is 0 Å². The highest BCUT2D eigenvalue weighted by molar-refractivity contribution is 5.85. The lowest BCUT2D eigenvalue weighted by atomic mass is 10.1. The van der Waals surface area contributed by atoms with E-state index in [9.17, 15) is 0 Å². The number of anilines is 3. The standard InChI is InChI=1S/C20H17N7/c1-13-22-19(21)25-20(23-13)24-16-8-10-17(11-9-16)26-27-18-7-6-14-4-2-3-5-15(14)12-18/h2-12H,1H3,(H3,21,22,23,24,25). The SMILES string of the molecule is Cc1nc(N)nc(Nc2ccc(N=Nc3ccc4ccccc4c3)cc2)n1. The van der Waals surface area contributed by atoms with Gasteiger partial charge in [-0.15, -0.1) is 0 Å². The molecule has 132 valence electrons. The summed E-state index contributed by atoms with van der Waals surface area (Å²) in [5.41, 5.74) is 8.02. The second-order valence-electron chi connectivity index (χ2n) is 5.97. The van der Waals surface area contributed by atoms with Crippen LogP contribution in [0.25, 0.3) is 10.8 Å². The Morgan fingerprint density at radius 2 is 1.48 bits per heavy atom. The van der Waals surface area contributed by atoms with Crippen molar-refractivity contribution >= 4 is 39.7 Å². The predicted octanol–water partition coefficient (Wildman–Crippen LogP) is 5.07. The number of aryl methyl sites for hydroxylation is 1. The number of azo groups is 1. The van der Waals surface area contributed by atoms with E-state index in [0.29, 0.717) is 11.8 Å². The fourth-order valence-electron chi connectivity index (χ4n) is 2.65. The van der Waals surface area contributed by atoms with Crippen LogP contribution in [0.4, 0.5) is 29.0 Å². The van der Waals surface area contributed by atoms with Gasteiger partial charge in [0.25, 0.3) is 0 Å². The van der Waals surface area contributed by atoms with Crippen molar-refractivity contribution in [2.75, 3.05) is 11.1 Å². The average Bonchev–Trinajstić information content (AvgIpc) is 2.66. The van der Waals surface area contributed by atoms with E-state index in [-0.39, 0.29) is 5.95 Å². The van der Waals surface area contributed by atoms with E-state index in [1.54, 1.807) is 6.92 Å². The third kappa shape index (κ3) is 4.04. The summed E-state index contributed by atoms with van der Waals surface area (Å²) in [4.78, 5) is 12.2. The first-order valence-electron chi connectivity index (χ1n) is 8.41. The van der Waals surface area contributed by atoms with E-state index in [1.165, 1.54) is 5.39 Å². The van der Waals surface area contributed by atoms with Gasteiger partial charge in [0.2, 0.25) is 11.9 Å². The number of nitrogens with one attached hydrogen (secondary N) is 1. The fraction of sp³-hybridized carbons (Fsp3) is 0.0500. The van der Waals surface area contributed by atoms with Crippen molar-refractivity contribution in [2.24, 2.45) is 10.2 Å². The van der Waals surface area contributed by atoms with Crippen LogP contribution in [0.1, 0.15) is 5.82 Å². The second kappa shape index (κ2) is 7.17. The van der Waals surface area contributed by atoms with Crippen molar-refractivity contribution in [1.82, 2.24) is 15.0 Å². The Bertz CT molecular complexity index is 1100. The minimum atomic E-state index is 0.186. The maximum atomic E-state index is 5.64. The molecule has 0 atom stereocenters. The topological polar surface area (TPSA) is 101 Å². The first-order chi connectivity index (χ1) is 13.2. The van der Waals surface area contributed by atoms with Gasteiger partial charge in [-0.25, -0.2) is 0 Å². The molecular weight excluding hydrogens is 338 g/mol. The van der Waals surface area contributed by atoms with Crippen LogP contribution < -0.4 is 11.1 Å². The van der Waals surface area contributed by atoms with Gasteiger partial charge < -0.3 is 11.1 Å². The lowest BCUT2D eigenvalue weighted by Gasteiger charge is -2.05. The van der Waals surface area contributed by atoms with Crippen LogP contribution in [0.5, 0.6) is 0 Å². The van der Waals surface area contributed by atoms with Gasteiger partial charge in [0, 0.05) is 5.69 Å². The molecule has 3 N–H and O–H groups in total. The highest BCUT2D eigenvalue weighted by atomic mass is 15.2. The van der Waals surface area contributed by atoms with Gasteiger partial charge in [0.1, 0.15) is 5.82 Å². The summed E-state index contributed by atoms with van der Waals surface area (Å²) < 4.78 is 0. The predicted molar refractivity (Wildman–Crippen MR) is 107 cm³/mol.